The molecule has 0 radical (unpaired) electrons. The minimum atomic E-state index is 0.0743. The minimum absolute atomic E-state index is 0.0743. The van der Waals surface area contributed by atoms with Crippen molar-refractivity contribution in [3.8, 4) is 17.3 Å². The summed E-state index contributed by atoms with van der Waals surface area (Å²) in [7, 11) is 0. The summed E-state index contributed by atoms with van der Waals surface area (Å²) in [6.45, 7) is 2.87. The molecular weight excluding hydrogens is 363 g/mol. The number of para-hydroxylation sites is 1. The maximum Gasteiger partial charge on any atom is 0.259 e. The van der Waals surface area contributed by atoms with Crippen LogP contribution in [0, 0.1) is 0 Å². The van der Waals surface area contributed by atoms with Gasteiger partial charge in [0.1, 0.15) is 12.5 Å². The molecule has 0 N–H and O–H groups in total. The Morgan fingerprint density at radius 1 is 1.21 bits per heavy atom. The zero-order valence-electron chi connectivity index (χ0n) is 15.1. The van der Waals surface area contributed by atoms with Crippen LogP contribution in [0.25, 0.3) is 23.2 Å². The highest BCUT2D eigenvalue weighted by molar-refractivity contribution is 5.89. The molecule has 2 atom stereocenters. The summed E-state index contributed by atoms with van der Waals surface area (Å²) in [5.74, 6) is 1.96. The van der Waals surface area contributed by atoms with Crippen LogP contribution in [-0.2, 0) is 4.74 Å². The fraction of sp³-hybridized carbons (Fsp3) is 0.333. The molecule has 1 aromatic carbocycles. The Labute approximate surface area is 159 Å². The number of halogens is 1. The Morgan fingerprint density at radius 3 is 2.96 bits per heavy atom. The number of benzene rings is 1. The second-order valence-corrected chi connectivity index (χ2v) is 7.17. The van der Waals surface area contributed by atoms with Gasteiger partial charge in [-0.05, 0) is 25.5 Å². The summed E-state index contributed by atoms with van der Waals surface area (Å²) in [6.07, 6.45) is 4.16. The van der Waals surface area contributed by atoms with Gasteiger partial charge in [-0.25, -0.2) is 4.57 Å². The van der Waals surface area contributed by atoms with Gasteiger partial charge in [-0.1, -0.05) is 21.8 Å². The lowest BCUT2D eigenvalue weighted by atomic mass is 9.99. The van der Waals surface area contributed by atoms with Gasteiger partial charge in [-0.3, -0.25) is 0 Å². The molecule has 0 bridgehead atoms. The fourth-order valence-corrected chi connectivity index (χ4v) is 4.29. The molecule has 1 saturated heterocycles. The Balaban J connectivity index is 1.56. The Hall–Kier alpha value is -3.27. The molecule has 9 nitrogen and oxygen atoms in total. The van der Waals surface area contributed by atoms with E-state index in [2.05, 4.69) is 20.5 Å². The molecule has 3 aliphatic rings. The quantitative estimate of drug-likeness (QED) is 0.631. The monoisotopic (exact) mass is 380 g/mol. The van der Waals surface area contributed by atoms with Crippen LogP contribution in [0.4, 0.5) is 10.2 Å². The lowest BCUT2D eigenvalue weighted by molar-refractivity contribution is 0.104. The molecule has 2 unspecified atom stereocenters. The summed E-state index contributed by atoms with van der Waals surface area (Å²) in [5.41, 5.74) is 2.71. The van der Waals surface area contributed by atoms with E-state index in [9.17, 15) is 4.48 Å². The first kappa shape index (κ1) is 15.8. The van der Waals surface area contributed by atoms with Crippen LogP contribution in [0.2, 0.25) is 0 Å². The summed E-state index contributed by atoms with van der Waals surface area (Å²) in [6, 6.07) is 7.79. The van der Waals surface area contributed by atoms with Crippen LogP contribution in [0.1, 0.15) is 25.0 Å². The van der Waals surface area contributed by atoms with Crippen molar-refractivity contribution in [2.75, 3.05) is 18.2 Å². The molecule has 142 valence electrons. The lowest BCUT2D eigenvalue weighted by Gasteiger charge is -2.29. The van der Waals surface area contributed by atoms with E-state index in [4.69, 9.17) is 4.74 Å². The molecule has 0 amide bonds. The topological polar surface area (TPSA) is 77.1 Å². The molecular formula is C18H17FN8O. The van der Waals surface area contributed by atoms with Crippen LogP contribution in [0.15, 0.2) is 36.7 Å². The fourth-order valence-electron chi connectivity index (χ4n) is 4.29. The molecule has 2 aromatic heterocycles. The van der Waals surface area contributed by atoms with E-state index in [-0.39, 0.29) is 18.7 Å². The molecule has 0 aliphatic carbocycles. The Morgan fingerprint density at radius 2 is 2.11 bits per heavy atom. The summed E-state index contributed by atoms with van der Waals surface area (Å²) >= 11 is 0. The molecule has 1 fully saturated rings. The van der Waals surface area contributed by atoms with Crippen molar-refractivity contribution in [3.63, 3.8) is 0 Å². The first-order valence-electron chi connectivity index (χ1n) is 9.22. The highest BCUT2D eigenvalue weighted by Gasteiger charge is 2.37. The summed E-state index contributed by atoms with van der Waals surface area (Å²) < 4.78 is 23.4. The molecule has 0 spiro atoms. The van der Waals surface area contributed by atoms with Gasteiger partial charge in [-0.2, -0.15) is 9.80 Å². The second kappa shape index (κ2) is 5.61. The average molecular weight is 380 g/mol. The Bertz CT molecular complexity index is 1100. The molecule has 10 heteroatoms. The highest BCUT2D eigenvalue weighted by Crippen LogP contribution is 2.43. The van der Waals surface area contributed by atoms with Crippen molar-refractivity contribution >= 4 is 11.5 Å². The average Bonchev–Trinajstić information content (AvgIpc) is 3.46. The zero-order chi connectivity index (χ0) is 18.8. The van der Waals surface area contributed by atoms with E-state index < -0.39 is 0 Å². The van der Waals surface area contributed by atoms with Crippen molar-refractivity contribution < 1.29 is 9.22 Å². The maximum absolute atomic E-state index is 14.2. The number of ether oxygens (including phenoxy) is 1. The van der Waals surface area contributed by atoms with Crippen molar-refractivity contribution in [1.82, 2.24) is 34.9 Å². The summed E-state index contributed by atoms with van der Waals surface area (Å²) in [5, 5.41) is 17.8. The third-order valence-electron chi connectivity index (χ3n) is 5.64. The highest BCUT2D eigenvalue weighted by atomic mass is 19.2. The van der Waals surface area contributed by atoms with E-state index >= 15 is 0 Å². The number of fused-ring (bicyclic) bond motifs is 6. The van der Waals surface area contributed by atoms with Gasteiger partial charge in [0.25, 0.3) is 5.95 Å². The number of hydrogen-bond donors (Lipinski definition) is 0. The van der Waals surface area contributed by atoms with Crippen LogP contribution < -0.4 is 4.90 Å². The minimum Gasteiger partial charge on any atom is -0.378 e. The molecule has 3 aliphatic heterocycles. The maximum atomic E-state index is 14.2. The normalized spacial score (nSPS) is 22.9. The van der Waals surface area contributed by atoms with Gasteiger partial charge >= 0.3 is 0 Å². The third-order valence-corrected chi connectivity index (χ3v) is 5.64. The predicted octanol–water partition coefficient (Wildman–Crippen LogP) is 2.15. The van der Waals surface area contributed by atoms with E-state index in [0.717, 1.165) is 23.4 Å². The molecule has 5 heterocycles. The number of anilines is 1. The number of hydrogen-bond acceptors (Lipinski definition) is 7. The second-order valence-electron chi connectivity index (χ2n) is 7.17. The number of rotatable bonds is 2. The third kappa shape index (κ3) is 2.03. The SMILES string of the molecule is CC1OCCC1c1cnnn1-c1nnc2n1C1=CN(F)CN1c1ccccc1-2. The molecule has 3 aromatic rings. The number of aromatic nitrogens is 6. The predicted molar refractivity (Wildman–Crippen MR) is 97.7 cm³/mol. The van der Waals surface area contributed by atoms with Crippen LogP contribution >= 0.6 is 0 Å². The first-order chi connectivity index (χ1) is 13.7. The van der Waals surface area contributed by atoms with Crippen molar-refractivity contribution in [1.29, 1.82) is 0 Å². The van der Waals surface area contributed by atoms with Gasteiger partial charge in [0, 0.05) is 18.1 Å². The van der Waals surface area contributed by atoms with E-state index in [0.29, 0.717) is 29.3 Å². The Kier molecular flexibility index (Phi) is 3.16. The lowest BCUT2D eigenvalue weighted by Crippen LogP contribution is -2.29. The van der Waals surface area contributed by atoms with Gasteiger partial charge < -0.3 is 9.64 Å². The van der Waals surface area contributed by atoms with Gasteiger partial charge in [0.15, 0.2) is 5.82 Å². The standard InChI is InChI=1S/C18H17FN8O/c1-11-12(6-7-28-11)15-8-20-23-27(15)18-22-21-17-13-4-2-3-5-14(13)25-10-24(19)9-16(25)26(17)18/h2-5,8-9,11-12H,6-7,10H2,1H3. The van der Waals surface area contributed by atoms with Crippen LogP contribution in [-0.4, -0.2) is 54.3 Å². The first-order valence-corrected chi connectivity index (χ1v) is 9.22. The molecule has 28 heavy (non-hydrogen) atoms. The smallest absolute Gasteiger partial charge is 0.259 e. The van der Waals surface area contributed by atoms with Crippen molar-refractivity contribution in [2.45, 2.75) is 25.4 Å². The van der Waals surface area contributed by atoms with Crippen molar-refractivity contribution in [2.24, 2.45) is 0 Å². The van der Waals surface area contributed by atoms with Crippen LogP contribution in [0.3, 0.4) is 0 Å². The van der Waals surface area contributed by atoms with E-state index in [1.165, 1.54) is 6.20 Å². The number of nitrogens with zero attached hydrogens (tertiary/aromatic N) is 8. The van der Waals surface area contributed by atoms with Crippen molar-refractivity contribution in [3.05, 3.63) is 42.4 Å². The van der Waals surface area contributed by atoms with Gasteiger partial charge in [0.2, 0.25) is 0 Å². The van der Waals surface area contributed by atoms with E-state index in [1.807, 2.05) is 40.7 Å². The van der Waals surface area contributed by atoms with Gasteiger partial charge in [-0.15, -0.1) is 15.3 Å². The largest absolute Gasteiger partial charge is 0.378 e. The summed E-state index contributed by atoms with van der Waals surface area (Å²) in [4.78, 5) is 1.90. The van der Waals surface area contributed by atoms with E-state index in [1.54, 1.807) is 10.9 Å². The van der Waals surface area contributed by atoms with Gasteiger partial charge in [0.05, 0.1) is 29.9 Å². The molecule has 0 saturated carbocycles. The molecule has 6 rings (SSSR count). The van der Waals surface area contributed by atoms with Crippen LogP contribution in [0.5, 0.6) is 0 Å². The zero-order valence-corrected chi connectivity index (χ0v) is 15.1.